The van der Waals surface area contributed by atoms with Crippen LogP contribution in [0.1, 0.15) is 0 Å². The van der Waals surface area contributed by atoms with Crippen molar-refractivity contribution in [3.8, 4) is 5.75 Å². The molecule has 0 atom stereocenters. The summed E-state index contributed by atoms with van der Waals surface area (Å²) in [5.74, 6) is -0.336. The number of non-ortho nitro benzene ring substituents is 1. The molecule has 0 N–H and O–H groups in total. The Balaban J connectivity index is 2.31. The maximum absolute atomic E-state index is 12.3. The van der Waals surface area contributed by atoms with Crippen molar-refractivity contribution in [3.63, 3.8) is 0 Å². The fourth-order valence-electron chi connectivity index (χ4n) is 1.04. The zero-order valence-electron chi connectivity index (χ0n) is 7.94. The molecule has 0 saturated carbocycles. The molecule has 17 heavy (non-hydrogen) atoms. The third-order valence-electron chi connectivity index (χ3n) is 1.83. The number of hydrazone groups is 1. The molecule has 9 nitrogen and oxygen atoms in total. The molecular formula is C7H3FN4O5. The van der Waals surface area contributed by atoms with Crippen molar-refractivity contribution < 1.29 is 19.1 Å². The third-order valence-corrected chi connectivity index (χ3v) is 1.83. The minimum absolute atomic E-state index is 0.336. The molecule has 88 valence electrons. The van der Waals surface area contributed by atoms with Crippen molar-refractivity contribution in [2.45, 2.75) is 0 Å². The number of nitro groups is 2. The van der Waals surface area contributed by atoms with E-state index in [0.717, 1.165) is 18.2 Å². The second kappa shape index (κ2) is 3.66. The summed E-state index contributed by atoms with van der Waals surface area (Å²) in [7, 11) is 0. The lowest BCUT2D eigenvalue weighted by atomic mass is 10.2. The van der Waals surface area contributed by atoms with Crippen molar-refractivity contribution >= 4 is 17.5 Å². The highest BCUT2D eigenvalue weighted by molar-refractivity contribution is 5.80. The molecule has 1 aliphatic heterocycles. The quantitative estimate of drug-likeness (QED) is 0.447. The van der Waals surface area contributed by atoms with E-state index < -0.39 is 27.3 Å². The number of halogens is 1. The molecule has 10 heteroatoms. The Labute approximate surface area is 92.0 Å². The molecule has 0 aliphatic carbocycles. The zero-order valence-corrected chi connectivity index (χ0v) is 7.94. The smallest absolute Gasteiger partial charge is 0.346 e. The molecule has 2 rings (SSSR count). The van der Waals surface area contributed by atoms with Crippen LogP contribution in [0, 0.1) is 20.2 Å². The van der Waals surface area contributed by atoms with Gasteiger partial charge in [0.05, 0.1) is 15.9 Å². The van der Waals surface area contributed by atoms with Gasteiger partial charge in [0.15, 0.2) is 0 Å². The van der Waals surface area contributed by atoms with Crippen molar-refractivity contribution in [1.82, 2.24) is 5.17 Å². The Kier molecular flexibility index (Phi) is 2.31. The molecule has 0 spiro atoms. The first-order valence-electron chi connectivity index (χ1n) is 4.14. The highest BCUT2D eigenvalue weighted by atomic mass is 19.1. The topological polar surface area (TPSA) is 111 Å². The number of hydroxylamine groups is 1. The number of nitro benzene ring substituents is 2. The van der Waals surface area contributed by atoms with Crippen LogP contribution in [0.5, 0.6) is 5.75 Å². The number of benzene rings is 1. The van der Waals surface area contributed by atoms with Crippen molar-refractivity contribution in [3.05, 3.63) is 38.4 Å². The van der Waals surface area contributed by atoms with E-state index in [1.807, 2.05) is 0 Å². The maximum atomic E-state index is 12.3. The van der Waals surface area contributed by atoms with Gasteiger partial charge in [-0.2, -0.15) is 4.39 Å². The second-order valence-electron chi connectivity index (χ2n) is 2.90. The molecule has 0 unspecified atom stereocenters. The van der Waals surface area contributed by atoms with Crippen molar-refractivity contribution in [2.24, 2.45) is 5.10 Å². The molecule has 0 saturated heterocycles. The molecule has 1 aromatic rings. The standard InChI is InChI=1S/C7H3FN4O5/c8-7-9-10(7)17-6-2-1-4(11(13)14)3-5(6)12(15)16/h1-3H. The first-order chi connectivity index (χ1) is 7.99. The van der Waals surface area contributed by atoms with Crippen LogP contribution in [0.25, 0.3) is 0 Å². The van der Waals surface area contributed by atoms with Gasteiger partial charge in [-0.1, -0.05) is 5.10 Å². The average molecular weight is 242 g/mol. The molecular weight excluding hydrogens is 239 g/mol. The van der Waals surface area contributed by atoms with Crippen LogP contribution in [0.15, 0.2) is 23.3 Å². The summed E-state index contributed by atoms with van der Waals surface area (Å²) in [5, 5.41) is 24.5. The summed E-state index contributed by atoms with van der Waals surface area (Å²) in [5.41, 5.74) is -1.11. The highest BCUT2D eigenvalue weighted by Gasteiger charge is 2.31. The minimum Gasteiger partial charge on any atom is -0.346 e. The van der Waals surface area contributed by atoms with Gasteiger partial charge >= 0.3 is 11.8 Å². The van der Waals surface area contributed by atoms with E-state index in [1.54, 1.807) is 0 Å². The SMILES string of the molecule is O=[N+]([O-])c1ccc(ON2N=C2F)c([N+](=O)[O-])c1. The Bertz CT molecular complexity index is 545. The summed E-state index contributed by atoms with van der Waals surface area (Å²) in [6.45, 7) is 0. The summed E-state index contributed by atoms with van der Waals surface area (Å²) < 4.78 is 12.3. The fourth-order valence-corrected chi connectivity index (χ4v) is 1.04. The van der Waals surface area contributed by atoms with Gasteiger partial charge in [0.2, 0.25) is 5.75 Å². The van der Waals surface area contributed by atoms with Gasteiger partial charge < -0.3 is 4.84 Å². The van der Waals surface area contributed by atoms with E-state index in [4.69, 9.17) is 0 Å². The van der Waals surface area contributed by atoms with E-state index in [0.29, 0.717) is 5.17 Å². The van der Waals surface area contributed by atoms with Crippen LogP contribution in [-0.4, -0.2) is 21.1 Å². The summed E-state index contributed by atoms with van der Waals surface area (Å²) in [6, 6.07) is 2.72. The van der Waals surface area contributed by atoms with Gasteiger partial charge in [-0.25, -0.2) is 0 Å². The first-order valence-corrected chi connectivity index (χ1v) is 4.14. The van der Waals surface area contributed by atoms with Crippen LogP contribution in [0.2, 0.25) is 0 Å². The number of amidine groups is 1. The van der Waals surface area contributed by atoms with Crippen molar-refractivity contribution in [1.29, 1.82) is 0 Å². The number of nitrogens with zero attached hydrogens (tertiary/aromatic N) is 4. The Morgan fingerprint density at radius 3 is 2.41 bits per heavy atom. The number of hydrogen-bond donors (Lipinski definition) is 0. The van der Waals surface area contributed by atoms with E-state index in [-0.39, 0.29) is 5.75 Å². The van der Waals surface area contributed by atoms with Gasteiger partial charge in [0, 0.05) is 6.07 Å². The molecule has 1 heterocycles. The largest absolute Gasteiger partial charge is 0.361 e. The Morgan fingerprint density at radius 2 is 1.94 bits per heavy atom. The zero-order chi connectivity index (χ0) is 12.6. The Hall–Kier alpha value is -2.78. The molecule has 1 aromatic carbocycles. The van der Waals surface area contributed by atoms with E-state index in [2.05, 4.69) is 9.94 Å². The average Bonchev–Trinajstić information content (AvgIpc) is 2.94. The molecule has 0 amide bonds. The third kappa shape index (κ3) is 2.09. The molecule has 0 radical (unpaired) electrons. The van der Waals surface area contributed by atoms with Crippen LogP contribution in [0.4, 0.5) is 15.8 Å². The number of rotatable bonds is 4. The van der Waals surface area contributed by atoms with E-state index >= 15 is 0 Å². The predicted molar refractivity (Wildman–Crippen MR) is 50.8 cm³/mol. The molecule has 0 aromatic heterocycles. The van der Waals surface area contributed by atoms with Crippen LogP contribution in [-0.2, 0) is 0 Å². The predicted octanol–water partition coefficient (Wildman–Crippen LogP) is 1.35. The van der Waals surface area contributed by atoms with Crippen LogP contribution in [0.3, 0.4) is 0 Å². The minimum atomic E-state index is -0.933. The van der Waals surface area contributed by atoms with Crippen LogP contribution < -0.4 is 4.84 Å². The lowest BCUT2D eigenvalue weighted by Gasteiger charge is -2.03. The first kappa shape index (κ1) is 10.7. The lowest BCUT2D eigenvalue weighted by Crippen LogP contribution is -2.09. The maximum Gasteiger partial charge on any atom is 0.361 e. The van der Waals surface area contributed by atoms with Gasteiger partial charge in [0.1, 0.15) is 0 Å². The summed E-state index contributed by atoms with van der Waals surface area (Å²) in [4.78, 5) is 24.1. The second-order valence-corrected chi connectivity index (χ2v) is 2.90. The van der Waals surface area contributed by atoms with Crippen LogP contribution >= 0.6 is 0 Å². The Morgan fingerprint density at radius 1 is 1.29 bits per heavy atom. The lowest BCUT2D eigenvalue weighted by molar-refractivity contribution is -0.395. The highest BCUT2D eigenvalue weighted by Crippen LogP contribution is 2.32. The van der Waals surface area contributed by atoms with Gasteiger partial charge in [-0.15, -0.1) is 0 Å². The van der Waals surface area contributed by atoms with Gasteiger partial charge in [0.25, 0.3) is 5.69 Å². The summed E-state index contributed by atoms with van der Waals surface area (Å²) >= 11 is 0. The molecule has 1 aliphatic rings. The van der Waals surface area contributed by atoms with Gasteiger partial charge in [-0.05, 0) is 11.2 Å². The van der Waals surface area contributed by atoms with E-state index in [1.165, 1.54) is 0 Å². The van der Waals surface area contributed by atoms with Gasteiger partial charge in [-0.3, -0.25) is 20.2 Å². The number of hydrogen-bond acceptors (Lipinski definition) is 7. The monoisotopic (exact) mass is 242 g/mol. The molecule has 0 bridgehead atoms. The van der Waals surface area contributed by atoms with Crippen molar-refractivity contribution in [2.75, 3.05) is 0 Å². The van der Waals surface area contributed by atoms with E-state index in [9.17, 15) is 24.6 Å². The fraction of sp³-hybridized carbons (Fsp3) is 0. The normalized spacial score (nSPS) is 13.0. The molecule has 0 fully saturated rings. The summed E-state index contributed by atoms with van der Waals surface area (Å²) in [6.07, 6.45) is -0.933.